The average molecular weight is 212 g/mol. The van der Waals surface area contributed by atoms with Gasteiger partial charge < -0.3 is 0 Å². The summed E-state index contributed by atoms with van der Waals surface area (Å²) in [6, 6.07) is 8.16. The Morgan fingerprint density at radius 3 is 2.62 bits per heavy atom. The van der Waals surface area contributed by atoms with Crippen molar-refractivity contribution in [1.82, 2.24) is 15.0 Å². The summed E-state index contributed by atoms with van der Waals surface area (Å²) < 4.78 is 1.71. The second-order valence-corrected chi connectivity index (χ2v) is 3.84. The number of hydrogen-bond donors (Lipinski definition) is 0. The van der Waals surface area contributed by atoms with Crippen molar-refractivity contribution >= 4 is 0 Å². The van der Waals surface area contributed by atoms with Gasteiger partial charge >= 0.3 is 0 Å². The largest absolute Gasteiger partial charge is 0.216 e. The molecule has 0 fully saturated rings. The zero-order valence-corrected chi connectivity index (χ0v) is 9.52. The van der Waals surface area contributed by atoms with Gasteiger partial charge in [0.1, 0.15) is 6.07 Å². The number of benzene rings is 1. The maximum absolute atomic E-state index is 8.84. The molecule has 0 bridgehead atoms. The number of aryl methyl sites for hydroxylation is 2. The number of nitriles is 1. The molecule has 0 aliphatic carbocycles. The highest BCUT2D eigenvalue weighted by Crippen LogP contribution is 2.17. The quantitative estimate of drug-likeness (QED) is 0.727. The maximum atomic E-state index is 8.84. The van der Waals surface area contributed by atoms with E-state index in [9.17, 15) is 0 Å². The van der Waals surface area contributed by atoms with E-state index in [0.717, 1.165) is 22.5 Å². The van der Waals surface area contributed by atoms with Crippen LogP contribution in [-0.2, 0) is 0 Å². The molecule has 0 aliphatic rings. The van der Waals surface area contributed by atoms with Gasteiger partial charge in [-0.15, -0.1) is 5.10 Å². The molecule has 16 heavy (non-hydrogen) atoms. The minimum absolute atomic E-state index is 0.376. The van der Waals surface area contributed by atoms with Gasteiger partial charge in [0.2, 0.25) is 0 Å². The first kappa shape index (κ1) is 10.4. The molecular weight excluding hydrogens is 200 g/mol. The minimum Gasteiger partial charge on any atom is -0.216 e. The molecule has 1 aromatic carbocycles. The third-order valence-corrected chi connectivity index (χ3v) is 2.59. The predicted octanol–water partition coefficient (Wildman–Crippen LogP) is 2.06. The molecule has 1 aromatic heterocycles. The zero-order valence-electron chi connectivity index (χ0n) is 9.52. The van der Waals surface area contributed by atoms with Crippen molar-refractivity contribution in [3.05, 3.63) is 40.7 Å². The van der Waals surface area contributed by atoms with Crippen LogP contribution < -0.4 is 0 Å². The SMILES string of the molecule is Cc1ccc(C)c(-n2nnc(C#N)c2C)c1. The van der Waals surface area contributed by atoms with Crippen LogP contribution in [0, 0.1) is 32.1 Å². The van der Waals surface area contributed by atoms with Crippen LogP contribution in [-0.4, -0.2) is 15.0 Å². The molecule has 2 rings (SSSR count). The third-order valence-electron chi connectivity index (χ3n) is 2.59. The predicted molar refractivity (Wildman–Crippen MR) is 60.3 cm³/mol. The first-order valence-corrected chi connectivity index (χ1v) is 5.03. The molecular formula is C12H12N4. The third kappa shape index (κ3) is 1.57. The van der Waals surface area contributed by atoms with Crippen LogP contribution >= 0.6 is 0 Å². The first-order chi connectivity index (χ1) is 7.63. The van der Waals surface area contributed by atoms with Crippen molar-refractivity contribution < 1.29 is 0 Å². The Morgan fingerprint density at radius 1 is 1.25 bits per heavy atom. The molecule has 0 atom stereocenters. The summed E-state index contributed by atoms with van der Waals surface area (Å²) in [6.45, 7) is 5.89. The first-order valence-electron chi connectivity index (χ1n) is 5.03. The summed E-state index contributed by atoms with van der Waals surface area (Å²) in [7, 11) is 0. The van der Waals surface area contributed by atoms with Gasteiger partial charge in [0.05, 0.1) is 11.4 Å². The molecule has 0 radical (unpaired) electrons. The van der Waals surface area contributed by atoms with Crippen molar-refractivity contribution in [1.29, 1.82) is 5.26 Å². The Kier molecular flexibility index (Phi) is 2.45. The van der Waals surface area contributed by atoms with E-state index in [-0.39, 0.29) is 0 Å². The molecule has 0 unspecified atom stereocenters. The van der Waals surface area contributed by atoms with Crippen molar-refractivity contribution in [3.63, 3.8) is 0 Å². The summed E-state index contributed by atoms with van der Waals surface area (Å²) in [5.41, 5.74) is 4.40. The monoisotopic (exact) mass is 212 g/mol. The van der Waals surface area contributed by atoms with Gasteiger partial charge in [0.15, 0.2) is 5.69 Å². The fraction of sp³-hybridized carbons (Fsp3) is 0.250. The summed E-state index contributed by atoms with van der Waals surface area (Å²) in [6.07, 6.45) is 0. The van der Waals surface area contributed by atoms with E-state index in [4.69, 9.17) is 5.26 Å². The highest BCUT2D eigenvalue weighted by atomic mass is 15.4. The lowest BCUT2D eigenvalue weighted by Gasteiger charge is -2.07. The van der Waals surface area contributed by atoms with E-state index in [1.165, 1.54) is 0 Å². The van der Waals surface area contributed by atoms with E-state index in [1.807, 2.05) is 39.0 Å². The molecule has 4 heteroatoms. The number of hydrogen-bond acceptors (Lipinski definition) is 3. The fourth-order valence-electron chi connectivity index (χ4n) is 1.61. The van der Waals surface area contributed by atoms with Crippen LogP contribution in [0.4, 0.5) is 0 Å². The van der Waals surface area contributed by atoms with Crippen molar-refractivity contribution in [2.24, 2.45) is 0 Å². The van der Waals surface area contributed by atoms with Crippen LogP contribution in [0.25, 0.3) is 5.69 Å². The molecule has 0 N–H and O–H groups in total. The number of nitrogens with zero attached hydrogens (tertiary/aromatic N) is 4. The second kappa shape index (κ2) is 3.78. The molecule has 0 spiro atoms. The van der Waals surface area contributed by atoms with Gasteiger partial charge in [0.25, 0.3) is 0 Å². The topological polar surface area (TPSA) is 54.5 Å². The van der Waals surface area contributed by atoms with Crippen molar-refractivity contribution in [2.45, 2.75) is 20.8 Å². The van der Waals surface area contributed by atoms with Crippen molar-refractivity contribution in [2.75, 3.05) is 0 Å². The molecule has 2 aromatic rings. The number of rotatable bonds is 1. The van der Waals surface area contributed by atoms with Crippen LogP contribution in [0.3, 0.4) is 0 Å². The summed E-state index contributed by atoms with van der Waals surface area (Å²) in [5, 5.41) is 16.7. The van der Waals surface area contributed by atoms with Gasteiger partial charge in [-0.05, 0) is 38.0 Å². The Hall–Kier alpha value is -2.15. The Labute approximate surface area is 94.1 Å². The van der Waals surface area contributed by atoms with Crippen LogP contribution in [0.1, 0.15) is 22.5 Å². The van der Waals surface area contributed by atoms with Gasteiger partial charge in [-0.3, -0.25) is 0 Å². The smallest absolute Gasteiger partial charge is 0.186 e. The van der Waals surface area contributed by atoms with Crippen LogP contribution in [0.15, 0.2) is 18.2 Å². The molecule has 1 heterocycles. The Balaban J connectivity index is 2.64. The lowest BCUT2D eigenvalue weighted by Crippen LogP contribution is -2.02. The molecule has 0 amide bonds. The molecule has 4 nitrogen and oxygen atoms in total. The van der Waals surface area contributed by atoms with Gasteiger partial charge in [-0.1, -0.05) is 17.3 Å². The normalized spacial score (nSPS) is 10.1. The lowest BCUT2D eigenvalue weighted by atomic mass is 10.1. The average Bonchev–Trinajstić information content (AvgIpc) is 2.63. The molecule has 80 valence electrons. The zero-order chi connectivity index (χ0) is 11.7. The standard InChI is InChI=1S/C12H12N4/c1-8-4-5-9(2)12(6-8)16-10(3)11(7-13)14-15-16/h4-6H,1-3H3. The van der Waals surface area contributed by atoms with Gasteiger partial charge in [-0.2, -0.15) is 5.26 Å². The van der Waals surface area contributed by atoms with E-state index < -0.39 is 0 Å². The Morgan fingerprint density at radius 2 is 2.00 bits per heavy atom. The van der Waals surface area contributed by atoms with Crippen LogP contribution in [0.5, 0.6) is 0 Å². The summed E-state index contributed by atoms with van der Waals surface area (Å²) >= 11 is 0. The van der Waals surface area contributed by atoms with E-state index >= 15 is 0 Å². The van der Waals surface area contributed by atoms with E-state index in [1.54, 1.807) is 4.68 Å². The highest BCUT2D eigenvalue weighted by molar-refractivity contribution is 5.44. The van der Waals surface area contributed by atoms with Gasteiger partial charge in [0, 0.05) is 0 Å². The minimum atomic E-state index is 0.376. The van der Waals surface area contributed by atoms with E-state index in [0.29, 0.717) is 5.69 Å². The van der Waals surface area contributed by atoms with E-state index in [2.05, 4.69) is 16.4 Å². The molecule has 0 saturated heterocycles. The molecule has 0 aliphatic heterocycles. The van der Waals surface area contributed by atoms with Gasteiger partial charge in [-0.25, -0.2) is 4.68 Å². The molecule has 0 saturated carbocycles. The van der Waals surface area contributed by atoms with Crippen LogP contribution in [0.2, 0.25) is 0 Å². The van der Waals surface area contributed by atoms with Crippen molar-refractivity contribution in [3.8, 4) is 11.8 Å². The fourth-order valence-corrected chi connectivity index (χ4v) is 1.61. The highest BCUT2D eigenvalue weighted by Gasteiger charge is 2.10. The second-order valence-electron chi connectivity index (χ2n) is 3.84. The summed E-state index contributed by atoms with van der Waals surface area (Å²) in [5.74, 6) is 0. The maximum Gasteiger partial charge on any atom is 0.186 e. The summed E-state index contributed by atoms with van der Waals surface area (Å²) in [4.78, 5) is 0. The number of aromatic nitrogens is 3. The Bertz CT molecular complexity index is 575. The lowest BCUT2D eigenvalue weighted by molar-refractivity contribution is 0.779.